The summed E-state index contributed by atoms with van der Waals surface area (Å²) < 4.78 is 0.898. The van der Waals surface area contributed by atoms with Gasteiger partial charge >= 0.3 is 0 Å². The summed E-state index contributed by atoms with van der Waals surface area (Å²) >= 11 is 11.8. The van der Waals surface area contributed by atoms with E-state index in [1.807, 2.05) is 25.1 Å². The fourth-order valence-electron chi connectivity index (χ4n) is 1.88. The molecular weight excluding hydrogens is 517 g/mol. The van der Waals surface area contributed by atoms with Crippen LogP contribution in [0.1, 0.15) is 18.9 Å². The Morgan fingerprint density at radius 3 is 2.84 bits per heavy atom. The number of benzene rings is 1. The third-order valence-electron chi connectivity index (χ3n) is 2.76. The molecule has 0 aromatic heterocycles. The van der Waals surface area contributed by atoms with Gasteiger partial charge in [0.2, 0.25) is 5.91 Å². The molecule has 0 saturated heterocycles. The van der Waals surface area contributed by atoms with Gasteiger partial charge in [0, 0.05) is 43.7 Å². The predicted molar refractivity (Wildman–Crippen MR) is 85.6 cm³/mol. The van der Waals surface area contributed by atoms with Crippen LogP contribution in [0, 0.1) is 6.08 Å². The van der Waals surface area contributed by atoms with Crippen molar-refractivity contribution in [1.82, 2.24) is 4.90 Å². The number of nitrogens with zero attached hydrogens (tertiary/aromatic N) is 1. The Balaban J connectivity index is 0.00000180. The SMILES string of the molecule is CCN1C(=O)C(I)C[C-]=C1c1ccc(Br)cc1Cl.[Y]. The van der Waals surface area contributed by atoms with Crippen LogP contribution in [-0.2, 0) is 37.5 Å². The van der Waals surface area contributed by atoms with E-state index in [4.69, 9.17) is 11.6 Å². The van der Waals surface area contributed by atoms with E-state index in [-0.39, 0.29) is 42.5 Å². The second-order valence-electron chi connectivity index (χ2n) is 3.90. The number of alkyl halides is 1. The molecule has 0 bridgehead atoms. The van der Waals surface area contributed by atoms with E-state index < -0.39 is 0 Å². The standard InChI is InChI=1S/C13H11BrClINO.Y/c1-2-17-12(6-5-11(16)13(17)18)9-4-3-8(14)7-10(9)15;/h3-4,7,11H,2,5H2,1H3;/q-1;. The minimum absolute atomic E-state index is 0. The monoisotopic (exact) mass is 527 g/mol. The molecule has 1 aliphatic heterocycles. The molecule has 6 heteroatoms. The summed E-state index contributed by atoms with van der Waals surface area (Å²) in [5.41, 5.74) is 1.66. The van der Waals surface area contributed by atoms with Crippen molar-refractivity contribution >= 4 is 61.7 Å². The molecule has 1 aromatic carbocycles. The Bertz CT molecular complexity index is 523. The molecule has 1 heterocycles. The van der Waals surface area contributed by atoms with Gasteiger partial charge < -0.3 is 4.90 Å². The van der Waals surface area contributed by atoms with Crippen molar-refractivity contribution in [2.24, 2.45) is 0 Å². The molecular formula is C13H11BrClINOY-. The normalized spacial score (nSPS) is 18.9. The fourth-order valence-corrected chi connectivity index (χ4v) is 3.20. The van der Waals surface area contributed by atoms with Crippen LogP contribution in [0.15, 0.2) is 22.7 Å². The Kier molecular flexibility index (Phi) is 7.50. The molecule has 0 spiro atoms. The maximum atomic E-state index is 12.1. The molecule has 2 rings (SSSR count). The number of hydrogen-bond donors (Lipinski definition) is 0. The minimum Gasteiger partial charge on any atom is -0.347 e. The molecule has 0 aliphatic carbocycles. The average molecular weight is 528 g/mol. The summed E-state index contributed by atoms with van der Waals surface area (Å²) in [6.07, 6.45) is 3.93. The van der Waals surface area contributed by atoms with Crippen LogP contribution in [0.2, 0.25) is 5.02 Å². The molecule has 2 nitrogen and oxygen atoms in total. The minimum atomic E-state index is -0.0273. The van der Waals surface area contributed by atoms with E-state index >= 15 is 0 Å². The van der Waals surface area contributed by atoms with E-state index in [0.717, 1.165) is 15.7 Å². The average Bonchev–Trinajstić information content (AvgIpc) is 2.33. The van der Waals surface area contributed by atoms with Gasteiger partial charge in [-0.25, -0.2) is 6.08 Å². The van der Waals surface area contributed by atoms with Crippen molar-refractivity contribution in [3.63, 3.8) is 0 Å². The van der Waals surface area contributed by atoms with Gasteiger partial charge in [0.1, 0.15) is 0 Å². The summed E-state index contributed by atoms with van der Waals surface area (Å²) in [6, 6.07) is 5.67. The third-order valence-corrected chi connectivity index (χ3v) is 4.53. The van der Waals surface area contributed by atoms with E-state index in [1.54, 1.807) is 4.90 Å². The van der Waals surface area contributed by atoms with E-state index in [0.29, 0.717) is 18.0 Å². The zero-order valence-electron chi connectivity index (χ0n) is 10.3. The first-order chi connectivity index (χ1) is 8.54. The fraction of sp³-hybridized carbons (Fsp3) is 0.308. The van der Waals surface area contributed by atoms with Gasteiger partial charge in [0.15, 0.2) is 0 Å². The van der Waals surface area contributed by atoms with E-state index in [1.165, 1.54) is 0 Å². The Morgan fingerprint density at radius 1 is 1.58 bits per heavy atom. The van der Waals surface area contributed by atoms with Crippen LogP contribution < -0.4 is 0 Å². The molecule has 1 atom stereocenters. The van der Waals surface area contributed by atoms with Crippen LogP contribution in [0.3, 0.4) is 0 Å². The van der Waals surface area contributed by atoms with Crippen LogP contribution >= 0.6 is 50.1 Å². The summed E-state index contributed by atoms with van der Waals surface area (Å²) in [6.45, 7) is 2.59. The van der Waals surface area contributed by atoms with Crippen LogP contribution in [0.25, 0.3) is 5.70 Å². The zero-order valence-corrected chi connectivity index (χ0v) is 17.6. The summed E-state index contributed by atoms with van der Waals surface area (Å²) in [5, 5.41) is 0.630. The van der Waals surface area contributed by atoms with Gasteiger partial charge in [-0.05, 0) is 18.0 Å². The van der Waals surface area contributed by atoms with Crippen molar-refractivity contribution < 1.29 is 37.5 Å². The van der Waals surface area contributed by atoms with Crippen LogP contribution in [-0.4, -0.2) is 21.3 Å². The number of carbonyl (C=O) groups is 1. The molecule has 1 amide bonds. The van der Waals surface area contributed by atoms with Crippen LogP contribution in [0.5, 0.6) is 0 Å². The first-order valence-corrected chi connectivity index (χ1v) is 7.98. The molecule has 1 unspecified atom stereocenters. The Hall–Kier alpha value is 1.03. The number of rotatable bonds is 2. The number of halogens is 3. The molecule has 19 heavy (non-hydrogen) atoms. The topological polar surface area (TPSA) is 20.3 Å². The molecule has 1 radical (unpaired) electrons. The molecule has 99 valence electrons. The molecule has 0 N–H and O–H groups in total. The third kappa shape index (κ3) is 4.03. The second-order valence-corrected chi connectivity index (χ2v) is 6.73. The number of allylic oxidation sites excluding steroid dienone is 1. The van der Waals surface area contributed by atoms with E-state index in [9.17, 15) is 4.79 Å². The van der Waals surface area contributed by atoms with Crippen molar-refractivity contribution in [2.75, 3.05) is 6.54 Å². The molecule has 1 aliphatic rings. The maximum absolute atomic E-state index is 12.1. The van der Waals surface area contributed by atoms with Crippen molar-refractivity contribution in [3.05, 3.63) is 39.3 Å². The van der Waals surface area contributed by atoms with Crippen molar-refractivity contribution in [1.29, 1.82) is 0 Å². The van der Waals surface area contributed by atoms with Gasteiger partial charge in [0.05, 0.1) is 3.92 Å². The zero-order chi connectivity index (χ0) is 13.3. The van der Waals surface area contributed by atoms with Gasteiger partial charge in [-0.2, -0.15) is 0 Å². The smallest absolute Gasteiger partial charge is 0.235 e. The molecule has 0 fully saturated rings. The first-order valence-electron chi connectivity index (χ1n) is 5.56. The Morgan fingerprint density at radius 2 is 2.26 bits per heavy atom. The summed E-state index contributed by atoms with van der Waals surface area (Å²) in [4.78, 5) is 13.9. The van der Waals surface area contributed by atoms with Crippen molar-refractivity contribution in [3.8, 4) is 0 Å². The van der Waals surface area contributed by atoms with Gasteiger partial charge in [0.25, 0.3) is 0 Å². The molecule has 1 aromatic rings. The quantitative estimate of drug-likeness (QED) is 0.319. The first kappa shape index (κ1) is 18.1. The van der Waals surface area contributed by atoms with E-state index in [2.05, 4.69) is 44.6 Å². The van der Waals surface area contributed by atoms with Gasteiger partial charge in [-0.3, -0.25) is 4.79 Å². The number of hydrogen-bond acceptors (Lipinski definition) is 1. The van der Waals surface area contributed by atoms with Gasteiger partial charge in [-0.1, -0.05) is 51.0 Å². The summed E-state index contributed by atoms with van der Waals surface area (Å²) in [5.74, 6) is 0.130. The molecule has 0 saturated carbocycles. The number of amides is 1. The Labute approximate surface area is 165 Å². The summed E-state index contributed by atoms with van der Waals surface area (Å²) in [7, 11) is 0. The predicted octanol–water partition coefficient (Wildman–Crippen LogP) is 4.30. The maximum Gasteiger partial charge on any atom is 0.235 e. The number of carbonyl (C=O) groups excluding carboxylic acids is 1. The second kappa shape index (κ2) is 7.88. The van der Waals surface area contributed by atoms with Crippen LogP contribution in [0.4, 0.5) is 0 Å². The largest absolute Gasteiger partial charge is 0.347 e. The van der Waals surface area contributed by atoms with Gasteiger partial charge in [-0.15, -0.1) is 28.9 Å². The van der Waals surface area contributed by atoms with Crippen molar-refractivity contribution in [2.45, 2.75) is 17.3 Å².